The molecule has 0 fully saturated rings. The Morgan fingerprint density at radius 1 is 1.18 bits per heavy atom. The smallest absolute Gasteiger partial charge is 0.314 e. The Morgan fingerprint density at radius 3 is 2.71 bits per heavy atom. The molecule has 1 heterocycles. The normalized spacial score (nSPS) is 18.9. The number of hydrogen-bond donors (Lipinski definition) is 2. The molecule has 0 saturated carbocycles. The minimum absolute atomic E-state index is 0.114. The average Bonchev–Trinajstić information content (AvgIpc) is 3.01. The van der Waals surface area contributed by atoms with Gasteiger partial charge in [-0.15, -0.1) is 0 Å². The van der Waals surface area contributed by atoms with Gasteiger partial charge < -0.3 is 15.5 Å². The zero-order chi connectivity index (χ0) is 19.9. The lowest BCUT2D eigenvalue weighted by molar-refractivity contribution is 0.232. The van der Waals surface area contributed by atoms with Gasteiger partial charge in [0.25, 0.3) is 0 Å². The van der Waals surface area contributed by atoms with E-state index in [0.29, 0.717) is 13.1 Å². The highest BCUT2D eigenvalue weighted by Gasteiger charge is 2.25. The van der Waals surface area contributed by atoms with E-state index in [1.165, 1.54) is 11.1 Å². The fourth-order valence-corrected chi connectivity index (χ4v) is 3.67. The van der Waals surface area contributed by atoms with Gasteiger partial charge in [-0.1, -0.05) is 48.6 Å². The van der Waals surface area contributed by atoms with E-state index in [-0.39, 0.29) is 18.0 Å². The van der Waals surface area contributed by atoms with Crippen molar-refractivity contribution in [2.24, 2.45) is 10.9 Å². The van der Waals surface area contributed by atoms with Crippen molar-refractivity contribution in [1.82, 2.24) is 15.5 Å². The van der Waals surface area contributed by atoms with Gasteiger partial charge in [-0.3, -0.25) is 4.99 Å². The quantitative estimate of drug-likeness (QED) is 0.729. The standard InChI is InChI=1S/C23H30N4O/c1-17-20(21-11-7-8-12-22(21)26-17)13-14-24-23(28)25-16-19(27(2)3)15-18-9-5-4-6-10-18/h4-12,19,21H,13-16H2,1-3H3,(H2,24,25,28). The fraction of sp³-hybridized carbons (Fsp3) is 0.391. The summed E-state index contributed by atoms with van der Waals surface area (Å²) in [4.78, 5) is 19.0. The summed E-state index contributed by atoms with van der Waals surface area (Å²) < 4.78 is 0. The molecule has 5 nitrogen and oxygen atoms in total. The van der Waals surface area contributed by atoms with Crippen LogP contribution in [0.4, 0.5) is 4.79 Å². The summed E-state index contributed by atoms with van der Waals surface area (Å²) in [5.41, 5.74) is 4.76. The van der Waals surface area contributed by atoms with E-state index >= 15 is 0 Å². The van der Waals surface area contributed by atoms with Crippen molar-refractivity contribution in [1.29, 1.82) is 0 Å². The number of carbonyl (C=O) groups excluding carboxylic acids is 1. The predicted octanol–water partition coefficient (Wildman–Crippen LogP) is 3.32. The molecule has 2 amide bonds. The van der Waals surface area contributed by atoms with Gasteiger partial charge in [-0.25, -0.2) is 4.79 Å². The van der Waals surface area contributed by atoms with E-state index in [9.17, 15) is 4.79 Å². The van der Waals surface area contributed by atoms with E-state index in [4.69, 9.17) is 0 Å². The Labute approximate surface area is 167 Å². The topological polar surface area (TPSA) is 56.7 Å². The van der Waals surface area contributed by atoms with Crippen LogP contribution in [-0.2, 0) is 6.42 Å². The van der Waals surface area contributed by atoms with Crippen molar-refractivity contribution in [3.63, 3.8) is 0 Å². The molecule has 2 unspecified atom stereocenters. The highest BCUT2D eigenvalue weighted by atomic mass is 16.2. The van der Waals surface area contributed by atoms with Crippen LogP contribution in [-0.4, -0.2) is 49.9 Å². The van der Waals surface area contributed by atoms with Gasteiger partial charge in [0.1, 0.15) is 0 Å². The van der Waals surface area contributed by atoms with Gasteiger partial charge >= 0.3 is 6.03 Å². The molecule has 3 rings (SSSR count). The average molecular weight is 379 g/mol. The first-order valence-electron chi connectivity index (χ1n) is 9.89. The summed E-state index contributed by atoms with van der Waals surface area (Å²) in [5.74, 6) is 0.277. The second-order valence-corrected chi connectivity index (χ2v) is 7.56. The van der Waals surface area contributed by atoms with Crippen molar-refractivity contribution in [2.75, 3.05) is 27.2 Å². The van der Waals surface area contributed by atoms with Crippen LogP contribution in [0.15, 0.2) is 70.9 Å². The molecule has 1 aliphatic carbocycles. The molecular weight excluding hydrogens is 348 g/mol. The molecule has 0 saturated heterocycles. The molecule has 2 aliphatic rings. The molecule has 0 radical (unpaired) electrons. The molecule has 1 aromatic carbocycles. The maximum atomic E-state index is 12.2. The number of nitrogens with one attached hydrogen (secondary N) is 2. The number of aliphatic imine (C=N–C) groups is 1. The number of urea groups is 1. The second kappa shape index (κ2) is 9.51. The zero-order valence-electron chi connectivity index (χ0n) is 17.0. The number of likely N-dealkylation sites (N-methyl/N-ethyl adjacent to an activating group) is 1. The van der Waals surface area contributed by atoms with Gasteiger partial charge in [-0.05, 0) is 51.1 Å². The summed E-state index contributed by atoms with van der Waals surface area (Å²) >= 11 is 0. The highest BCUT2D eigenvalue weighted by Crippen LogP contribution is 2.31. The van der Waals surface area contributed by atoms with Gasteiger partial charge in [-0.2, -0.15) is 0 Å². The Morgan fingerprint density at radius 2 is 1.96 bits per heavy atom. The molecule has 1 aromatic rings. The fourth-order valence-electron chi connectivity index (χ4n) is 3.67. The van der Waals surface area contributed by atoms with Crippen LogP contribution in [0, 0.1) is 5.92 Å². The first-order valence-corrected chi connectivity index (χ1v) is 9.89. The van der Waals surface area contributed by atoms with Crippen LogP contribution in [0.5, 0.6) is 0 Å². The van der Waals surface area contributed by atoms with E-state index in [1.807, 2.05) is 45.3 Å². The molecule has 0 spiro atoms. The number of hydrogen-bond acceptors (Lipinski definition) is 3. The number of carbonyl (C=O) groups is 1. The number of nitrogens with zero attached hydrogens (tertiary/aromatic N) is 2. The van der Waals surface area contributed by atoms with Crippen LogP contribution >= 0.6 is 0 Å². The van der Waals surface area contributed by atoms with Gasteiger partial charge in [0.2, 0.25) is 0 Å². The number of fused-ring (bicyclic) bond motifs is 1. The molecule has 148 valence electrons. The van der Waals surface area contributed by atoms with Crippen molar-refractivity contribution < 1.29 is 4.79 Å². The predicted molar refractivity (Wildman–Crippen MR) is 116 cm³/mol. The van der Waals surface area contributed by atoms with Crippen molar-refractivity contribution in [3.05, 3.63) is 71.5 Å². The maximum absolute atomic E-state index is 12.2. The van der Waals surface area contributed by atoms with Gasteiger partial charge in [0.15, 0.2) is 0 Å². The van der Waals surface area contributed by atoms with Crippen LogP contribution < -0.4 is 10.6 Å². The molecule has 0 bridgehead atoms. The molecule has 5 heteroatoms. The molecule has 2 atom stereocenters. The molecule has 28 heavy (non-hydrogen) atoms. The lowest BCUT2D eigenvalue weighted by Crippen LogP contribution is -2.45. The highest BCUT2D eigenvalue weighted by molar-refractivity contribution is 6.03. The second-order valence-electron chi connectivity index (χ2n) is 7.56. The summed E-state index contributed by atoms with van der Waals surface area (Å²) in [7, 11) is 4.10. The molecule has 1 aliphatic heterocycles. The largest absolute Gasteiger partial charge is 0.338 e. The third kappa shape index (κ3) is 5.20. The maximum Gasteiger partial charge on any atom is 0.314 e. The summed E-state index contributed by atoms with van der Waals surface area (Å²) in [6, 6.07) is 10.5. The van der Waals surface area contributed by atoms with E-state index in [2.05, 4.69) is 50.9 Å². The number of rotatable bonds is 8. The number of allylic oxidation sites excluding steroid dienone is 5. The minimum atomic E-state index is -0.114. The third-order valence-electron chi connectivity index (χ3n) is 5.36. The Bertz CT molecular complexity index is 805. The monoisotopic (exact) mass is 378 g/mol. The van der Waals surface area contributed by atoms with Crippen LogP contribution in [0.3, 0.4) is 0 Å². The lowest BCUT2D eigenvalue weighted by Gasteiger charge is -2.25. The molecule has 0 aromatic heterocycles. The summed E-state index contributed by atoms with van der Waals surface area (Å²) in [5, 5.41) is 6.00. The van der Waals surface area contributed by atoms with E-state index in [0.717, 1.165) is 24.3 Å². The number of amides is 2. The van der Waals surface area contributed by atoms with Gasteiger partial charge in [0.05, 0.1) is 5.71 Å². The Kier molecular flexibility index (Phi) is 6.82. The number of benzene rings is 1. The lowest BCUT2D eigenvalue weighted by atomic mass is 9.90. The zero-order valence-corrected chi connectivity index (χ0v) is 17.0. The van der Waals surface area contributed by atoms with Crippen LogP contribution in [0.2, 0.25) is 0 Å². The van der Waals surface area contributed by atoms with Crippen LogP contribution in [0.25, 0.3) is 0 Å². The van der Waals surface area contributed by atoms with E-state index in [1.54, 1.807) is 0 Å². The first kappa shape index (κ1) is 20.1. The Hall–Kier alpha value is -2.66. The van der Waals surface area contributed by atoms with Crippen molar-refractivity contribution in [3.8, 4) is 0 Å². The summed E-state index contributed by atoms with van der Waals surface area (Å²) in [6.45, 7) is 3.27. The van der Waals surface area contributed by atoms with Crippen molar-refractivity contribution >= 4 is 11.7 Å². The Balaban J connectivity index is 1.42. The van der Waals surface area contributed by atoms with Gasteiger partial charge in [0, 0.05) is 30.7 Å². The molecular formula is C23H30N4O. The van der Waals surface area contributed by atoms with E-state index < -0.39 is 0 Å². The summed E-state index contributed by atoms with van der Waals surface area (Å²) in [6.07, 6.45) is 10.0. The minimum Gasteiger partial charge on any atom is -0.338 e. The SMILES string of the molecule is CC1=C(CCNC(=O)NCC(Cc2ccccc2)N(C)C)C2C=CC=CC2=N1. The van der Waals surface area contributed by atoms with Crippen molar-refractivity contribution in [2.45, 2.75) is 25.8 Å². The third-order valence-corrected chi connectivity index (χ3v) is 5.36. The molecule has 2 N–H and O–H groups in total. The first-order chi connectivity index (χ1) is 13.5. The van der Waals surface area contributed by atoms with Crippen LogP contribution in [0.1, 0.15) is 18.9 Å².